The van der Waals surface area contributed by atoms with E-state index in [9.17, 15) is 14.7 Å². The lowest BCUT2D eigenvalue weighted by Crippen LogP contribution is -2.77. The third-order valence-electron chi connectivity index (χ3n) is 6.30. The Bertz CT molecular complexity index is 527. The average Bonchev–Trinajstić information content (AvgIpc) is 2.93. The monoisotopic (exact) mass is 343 g/mol. The van der Waals surface area contributed by atoms with E-state index in [0.717, 1.165) is 25.7 Å². The molecule has 6 atom stereocenters. The molecule has 3 aliphatic heterocycles. The first-order valence-electron chi connectivity index (χ1n) is 8.80. The summed E-state index contributed by atoms with van der Waals surface area (Å²) in [5, 5.41) is 10.9. The zero-order chi connectivity index (χ0) is 17.0. The molecule has 0 aromatic carbocycles. The number of ether oxygens (including phenoxy) is 1. The van der Waals surface area contributed by atoms with Crippen molar-refractivity contribution in [3.8, 4) is 0 Å². The van der Waals surface area contributed by atoms with Gasteiger partial charge < -0.3 is 14.7 Å². The highest BCUT2D eigenvalue weighted by Gasteiger charge is 2.86. The van der Waals surface area contributed by atoms with Crippen LogP contribution in [0.4, 0.5) is 0 Å². The second-order valence-electron chi connectivity index (χ2n) is 6.96. The molecule has 0 bridgehead atoms. The minimum Gasteiger partial charge on any atom is -0.453 e. The number of amides is 1. The summed E-state index contributed by atoms with van der Waals surface area (Å²) < 4.78 is 5.45. The molecule has 1 unspecified atom stereocenters. The molecule has 1 aliphatic carbocycles. The summed E-state index contributed by atoms with van der Waals surface area (Å²) in [6.45, 7) is 5.80. The lowest BCUT2D eigenvalue weighted by molar-refractivity contribution is -0.244. The number of aliphatic hydroxyl groups is 1. The van der Waals surface area contributed by atoms with Crippen LogP contribution in [0.15, 0.2) is 0 Å². The number of hydrogen-bond acceptors (Lipinski definition) is 4. The molecule has 6 heteroatoms. The number of esters is 1. The minimum atomic E-state index is -1.15. The van der Waals surface area contributed by atoms with E-state index in [2.05, 4.69) is 0 Å². The Labute approximate surface area is 142 Å². The SMILES string of the molecule is CC.C[C@@]12OC(=O)C13[C@@H](O)[C@H]1CCCC[C@H]1N3C(=O)[C@@H]2CCCl. The third kappa shape index (κ3) is 1.73. The molecule has 0 aromatic heterocycles. The van der Waals surface area contributed by atoms with Gasteiger partial charge in [-0.05, 0) is 26.2 Å². The zero-order valence-electron chi connectivity index (χ0n) is 14.0. The molecule has 23 heavy (non-hydrogen) atoms. The van der Waals surface area contributed by atoms with Gasteiger partial charge in [0, 0.05) is 17.8 Å². The van der Waals surface area contributed by atoms with Crippen molar-refractivity contribution in [1.29, 1.82) is 0 Å². The lowest BCUT2D eigenvalue weighted by Gasteiger charge is -2.53. The molecule has 1 amide bonds. The van der Waals surface area contributed by atoms with E-state index in [4.69, 9.17) is 16.3 Å². The molecular formula is C17H26ClNO4. The number of fused-ring (bicyclic) bond motifs is 2. The van der Waals surface area contributed by atoms with Crippen LogP contribution >= 0.6 is 11.6 Å². The summed E-state index contributed by atoms with van der Waals surface area (Å²) in [6.07, 6.45) is 3.50. The van der Waals surface area contributed by atoms with Gasteiger partial charge in [0.2, 0.25) is 11.4 Å². The van der Waals surface area contributed by atoms with Crippen molar-refractivity contribution in [2.75, 3.05) is 5.88 Å². The van der Waals surface area contributed by atoms with Crippen LogP contribution in [0.5, 0.6) is 0 Å². The van der Waals surface area contributed by atoms with Crippen molar-refractivity contribution in [2.45, 2.75) is 76.2 Å². The van der Waals surface area contributed by atoms with Gasteiger partial charge in [0.25, 0.3) is 0 Å². The molecule has 4 aliphatic rings. The summed E-state index contributed by atoms with van der Waals surface area (Å²) in [6, 6.07) is -0.0197. The highest BCUT2D eigenvalue weighted by atomic mass is 35.5. The molecule has 1 spiro atoms. The second-order valence-corrected chi connectivity index (χ2v) is 7.34. The molecule has 130 valence electrons. The van der Waals surface area contributed by atoms with Crippen LogP contribution < -0.4 is 0 Å². The summed E-state index contributed by atoms with van der Waals surface area (Å²) in [5.41, 5.74) is -2.08. The summed E-state index contributed by atoms with van der Waals surface area (Å²) >= 11 is 5.84. The van der Waals surface area contributed by atoms with Crippen LogP contribution in [0, 0.1) is 11.8 Å². The standard InChI is InChI=1S/C15H20ClNO4.C2H6/c1-14-9(6-7-16)12(19)17-10-5-3-2-4-8(10)11(18)15(14,17)13(20)21-14;1-2/h8-11,18H,2-7H2,1H3;1-2H3/t8-,9-,10+,11-,14-,15?;/m0./s1. The normalized spacial score (nSPS) is 46.9. The largest absolute Gasteiger partial charge is 0.453 e. The van der Waals surface area contributed by atoms with Crippen LogP contribution in [0.25, 0.3) is 0 Å². The van der Waals surface area contributed by atoms with Crippen LogP contribution in [0.1, 0.15) is 52.9 Å². The van der Waals surface area contributed by atoms with Gasteiger partial charge in [0.05, 0.1) is 12.0 Å². The fourth-order valence-electron chi connectivity index (χ4n) is 5.38. The summed E-state index contributed by atoms with van der Waals surface area (Å²) in [4.78, 5) is 27.0. The maximum Gasteiger partial charge on any atom is 0.339 e. The smallest absolute Gasteiger partial charge is 0.339 e. The van der Waals surface area contributed by atoms with E-state index in [1.54, 1.807) is 11.8 Å². The second kappa shape index (κ2) is 5.62. The van der Waals surface area contributed by atoms with E-state index < -0.39 is 29.1 Å². The maximum absolute atomic E-state index is 12.9. The topological polar surface area (TPSA) is 66.8 Å². The van der Waals surface area contributed by atoms with Crippen LogP contribution in [0.2, 0.25) is 0 Å². The number of halogens is 1. The quantitative estimate of drug-likeness (QED) is 0.616. The summed E-state index contributed by atoms with van der Waals surface area (Å²) in [5.74, 6) is -0.565. The Morgan fingerprint density at radius 3 is 2.57 bits per heavy atom. The molecule has 0 aromatic rings. The van der Waals surface area contributed by atoms with Crippen LogP contribution in [-0.4, -0.2) is 51.0 Å². The van der Waals surface area contributed by atoms with Crippen molar-refractivity contribution in [3.05, 3.63) is 0 Å². The number of nitrogens with zero attached hydrogens (tertiary/aromatic N) is 1. The average molecular weight is 344 g/mol. The predicted molar refractivity (Wildman–Crippen MR) is 86.0 cm³/mol. The van der Waals surface area contributed by atoms with Gasteiger partial charge in [-0.1, -0.05) is 26.7 Å². The first kappa shape index (κ1) is 17.0. The maximum atomic E-state index is 12.9. The van der Waals surface area contributed by atoms with Crippen molar-refractivity contribution in [3.63, 3.8) is 0 Å². The van der Waals surface area contributed by atoms with Gasteiger partial charge in [-0.25, -0.2) is 4.79 Å². The summed E-state index contributed by atoms with van der Waals surface area (Å²) in [7, 11) is 0. The van der Waals surface area contributed by atoms with Crippen molar-refractivity contribution in [1.82, 2.24) is 4.90 Å². The van der Waals surface area contributed by atoms with Gasteiger partial charge in [-0.2, -0.15) is 0 Å². The molecule has 5 nitrogen and oxygen atoms in total. The molecule has 1 saturated carbocycles. The lowest BCUT2D eigenvalue weighted by atomic mass is 9.66. The molecule has 3 saturated heterocycles. The first-order valence-corrected chi connectivity index (χ1v) is 9.34. The van der Waals surface area contributed by atoms with Gasteiger partial charge in [0.15, 0.2) is 5.60 Å². The van der Waals surface area contributed by atoms with Gasteiger partial charge in [-0.15, -0.1) is 11.6 Å². The molecule has 4 rings (SSSR count). The van der Waals surface area contributed by atoms with Gasteiger partial charge >= 0.3 is 5.97 Å². The molecular weight excluding hydrogens is 318 g/mol. The van der Waals surface area contributed by atoms with E-state index in [0.29, 0.717) is 12.3 Å². The van der Waals surface area contributed by atoms with Crippen LogP contribution in [0.3, 0.4) is 0 Å². The number of carbonyl (C=O) groups is 2. The Hall–Kier alpha value is -0.810. The van der Waals surface area contributed by atoms with E-state index >= 15 is 0 Å². The van der Waals surface area contributed by atoms with E-state index in [1.807, 2.05) is 13.8 Å². The predicted octanol–water partition coefficient (Wildman–Crippen LogP) is 2.09. The number of carbonyl (C=O) groups excluding carboxylic acids is 2. The number of aliphatic hydroxyl groups excluding tert-OH is 1. The zero-order valence-corrected chi connectivity index (χ0v) is 14.8. The third-order valence-corrected chi connectivity index (χ3v) is 6.52. The van der Waals surface area contributed by atoms with E-state index in [-0.39, 0.29) is 17.9 Å². The number of alkyl halides is 1. The fraction of sp³-hybridized carbons (Fsp3) is 0.882. The Morgan fingerprint density at radius 2 is 1.96 bits per heavy atom. The Balaban J connectivity index is 0.000000753. The van der Waals surface area contributed by atoms with Gasteiger partial charge in [0.1, 0.15) is 0 Å². The highest BCUT2D eigenvalue weighted by Crippen LogP contribution is 2.63. The van der Waals surface area contributed by atoms with Crippen LogP contribution in [-0.2, 0) is 14.3 Å². The van der Waals surface area contributed by atoms with Crippen molar-refractivity contribution >= 4 is 23.5 Å². The highest BCUT2D eigenvalue weighted by molar-refractivity contribution is 6.18. The van der Waals surface area contributed by atoms with E-state index in [1.165, 1.54) is 0 Å². The number of hydrogen-bond donors (Lipinski definition) is 1. The molecule has 4 fully saturated rings. The number of rotatable bonds is 2. The molecule has 0 radical (unpaired) electrons. The Kier molecular flexibility index (Phi) is 4.16. The first-order chi connectivity index (χ1) is 11.0. The minimum absolute atomic E-state index is 0.00632. The van der Waals surface area contributed by atoms with Crippen molar-refractivity contribution in [2.24, 2.45) is 11.8 Å². The van der Waals surface area contributed by atoms with Crippen molar-refractivity contribution < 1.29 is 19.4 Å². The van der Waals surface area contributed by atoms with Gasteiger partial charge in [-0.3, -0.25) is 4.79 Å². The molecule has 3 heterocycles. The fourth-order valence-corrected chi connectivity index (χ4v) is 5.60. The molecule has 1 N–H and O–H groups in total. The Morgan fingerprint density at radius 1 is 1.30 bits per heavy atom.